The second kappa shape index (κ2) is 17.3. The molecule has 168 valence electrons. The fourth-order valence-corrected chi connectivity index (χ4v) is 4.70. The maximum atomic E-state index is 12.1. The van der Waals surface area contributed by atoms with Gasteiger partial charge in [-0.05, 0) is 30.7 Å². The van der Waals surface area contributed by atoms with E-state index >= 15 is 0 Å². The van der Waals surface area contributed by atoms with Crippen LogP contribution in [0.4, 0.5) is 0 Å². The molecule has 0 aliphatic rings. The second-order valence-corrected chi connectivity index (χ2v) is 10.6. The van der Waals surface area contributed by atoms with E-state index in [1.165, 1.54) is 89.9 Å². The van der Waals surface area contributed by atoms with Gasteiger partial charge in [-0.1, -0.05) is 119 Å². The van der Waals surface area contributed by atoms with Gasteiger partial charge in [0.05, 0.1) is 11.5 Å². The summed E-state index contributed by atoms with van der Waals surface area (Å²) in [6.45, 7) is 2.55. The predicted molar refractivity (Wildman–Crippen MR) is 127 cm³/mol. The summed E-state index contributed by atoms with van der Waals surface area (Å²) in [6, 6.07) is 6.55. The van der Waals surface area contributed by atoms with Crippen LogP contribution in [-0.4, -0.2) is 15.0 Å². The van der Waals surface area contributed by atoms with E-state index in [-0.39, 0.29) is 11.5 Å². The maximum absolute atomic E-state index is 12.1. The highest BCUT2D eigenvalue weighted by atomic mass is 79.9. The third-order valence-corrected chi connectivity index (χ3v) is 7.19. The van der Waals surface area contributed by atoms with Gasteiger partial charge in [0, 0.05) is 4.47 Å². The van der Waals surface area contributed by atoms with Crippen molar-refractivity contribution >= 4 is 26.0 Å². The van der Waals surface area contributed by atoms with Crippen molar-refractivity contribution in [2.45, 2.75) is 115 Å². The number of rotatable bonds is 19. The molecule has 0 amide bonds. The second-order valence-electron chi connectivity index (χ2n) is 8.03. The summed E-state index contributed by atoms with van der Waals surface area (Å²) >= 11 is 3.30. The van der Waals surface area contributed by atoms with Gasteiger partial charge in [0.2, 0.25) is 0 Å². The number of hydrogen-bond acceptors (Lipinski definition) is 3. The highest BCUT2D eigenvalue weighted by molar-refractivity contribution is 9.10. The number of benzene rings is 1. The Balaban J connectivity index is 1.86. The molecule has 1 rings (SSSR count). The fraction of sp³-hybridized carbons (Fsp3) is 0.750. The van der Waals surface area contributed by atoms with Crippen LogP contribution in [0.5, 0.6) is 0 Å². The van der Waals surface area contributed by atoms with E-state index in [1.54, 1.807) is 24.3 Å². The lowest BCUT2D eigenvalue weighted by Crippen LogP contribution is -2.07. The van der Waals surface area contributed by atoms with Crippen molar-refractivity contribution < 1.29 is 12.6 Å². The fourth-order valence-electron chi connectivity index (χ4n) is 3.49. The van der Waals surface area contributed by atoms with Gasteiger partial charge in [0.25, 0.3) is 10.1 Å². The molecule has 5 heteroatoms. The summed E-state index contributed by atoms with van der Waals surface area (Å²) in [7, 11) is -3.62. The minimum Gasteiger partial charge on any atom is -0.266 e. The minimum absolute atomic E-state index is 0.220. The van der Waals surface area contributed by atoms with Crippen LogP contribution in [-0.2, 0) is 14.3 Å². The van der Waals surface area contributed by atoms with Gasteiger partial charge in [-0.3, -0.25) is 4.18 Å². The van der Waals surface area contributed by atoms with Gasteiger partial charge in [-0.25, -0.2) is 0 Å². The highest BCUT2D eigenvalue weighted by Gasteiger charge is 2.14. The van der Waals surface area contributed by atoms with E-state index < -0.39 is 10.1 Å². The average Bonchev–Trinajstić information content (AvgIpc) is 2.70. The topological polar surface area (TPSA) is 43.4 Å². The Morgan fingerprint density at radius 2 is 1.03 bits per heavy atom. The summed E-state index contributed by atoms with van der Waals surface area (Å²) < 4.78 is 30.1. The van der Waals surface area contributed by atoms with E-state index in [4.69, 9.17) is 4.18 Å². The normalized spacial score (nSPS) is 11.8. The Bertz CT molecular complexity index is 599. The monoisotopic (exact) mass is 488 g/mol. The third kappa shape index (κ3) is 14.3. The molecule has 0 unspecified atom stereocenters. The number of hydrogen-bond donors (Lipinski definition) is 0. The van der Waals surface area contributed by atoms with Crippen molar-refractivity contribution in [3.8, 4) is 0 Å². The van der Waals surface area contributed by atoms with Gasteiger partial charge in [-0.15, -0.1) is 0 Å². The lowest BCUT2D eigenvalue weighted by atomic mass is 10.0. The average molecular weight is 490 g/mol. The van der Waals surface area contributed by atoms with Crippen molar-refractivity contribution in [2.24, 2.45) is 0 Å². The summed E-state index contributed by atoms with van der Waals surface area (Å²) in [6.07, 6.45) is 20.9. The molecule has 0 heterocycles. The third-order valence-electron chi connectivity index (χ3n) is 5.34. The molecule has 0 spiro atoms. The van der Waals surface area contributed by atoms with Crippen molar-refractivity contribution in [3.05, 3.63) is 28.7 Å². The first kappa shape index (κ1) is 26.6. The van der Waals surface area contributed by atoms with Crippen LogP contribution in [0.2, 0.25) is 0 Å². The zero-order valence-corrected chi connectivity index (χ0v) is 20.7. The molecule has 29 heavy (non-hydrogen) atoms. The van der Waals surface area contributed by atoms with Gasteiger partial charge in [0.15, 0.2) is 0 Å². The smallest absolute Gasteiger partial charge is 0.266 e. The molecule has 0 bridgehead atoms. The Morgan fingerprint density at radius 3 is 1.45 bits per heavy atom. The largest absolute Gasteiger partial charge is 0.296 e. The molecule has 0 aromatic heterocycles. The van der Waals surface area contributed by atoms with Crippen LogP contribution in [0.3, 0.4) is 0 Å². The summed E-state index contributed by atoms with van der Waals surface area (Å²) in [5.41, 5.74) is 0. The van der Waals surface area contributed by atoms with Crippen LogP contribution in [0.15, 0.2) is 33.6 Å². The molecule has 0 saturated heterocycles. The van der Waals surface area contributed by atoms with Gasteiger partial charge in [0.1, 0.15) is 0 Å². The van der Waals surface area contributed by atoms with E-state index in [0.717, 1.165) is 17.3 Å². The highest BCUT2D eigenvalue weighted by Crippen LogP contribution is 2.17. The lowest BCUT2D eigenvalue weighted by Gasteiger charge is -2.06. The first-order valence-corrected chi connectivity index (χ1v) is 13.9. The molecule has 0 saturated carbocycles. The molecule has 0 aliphatic heterocycles. The molecule has 0 N–H and O–H groups in total. The minimum atomic E-state index is -3.62. The van der Waals surface area contributed by atoms with E-state index in [1.807, 2.05) is 0 Å². The van der Waals surface area contributed by atoms with Crippen LogP contribution in [0.25, 0.3) is 0 Å². The maximum Gasteiger partial charge on any atom is 0.296 e. The number of halogens is 1. The van der Waals surface area contributed by atoms with Gasteiger partial charge >= 0.3 is 0 Å². The van der Waals surface area contributed by atoms with Crippen LogP contribution >= 0.6 is 15.9 Å². The molecule has 1 aromatic rings. The van der Waals surface area contributed by atoms with Gasteiger partial charge < -0.3 is 0 Å². The molecule has 3 nitrogen and oxygen atoms in total. The van der Waals surface area contributed by atoms with Crippen molar-refractivity contribution in [1.29, 1.82) is 0 Å². The first-order valence-electron chi connectivity index (χ1n) is 11.7. The summed E-state index contributed by atoms with van der Waals surface area (Å²) in [4.78, 5) is 0.220. The van der Waals surface area contributed by atoms with Gasteiger partial charge in [-0.2, -0.15) is 8.42 Å². The zero-order chi connectivity index (χ0) is 21.2. The Kier molecular flexibility index (Phi) is 15.9. The van der Waals surface area contributed by atoms with Crippen LogP contribution < -0.4 is 0 Å². The summed E-state index contributed by atoms with van der Waals surface area (Å²) in [5, 5.41) is 0. The molecule has 1 aromatic carbocycles. The van der Waals surface area contributed by atoms with Crippen LogP contribution in [0.1, 0.15) is 110 Å². The van der Waals surface area contributed by atoms with Crippen molar-refractivity contribution in [3.63, 3.8) is 0 Å². The predicted octanol–water partition coefficient (Wildman–Crippen LogP) is 8.42. The van der Waals surface area contributed by atoms with Crippen molar-refractivity contribution in [1.82, 2.24) is 0 Å². The van der Waals surface area contributed by atoms with E-state index in [2.05, 4.69) is 22.9 Å². The van der Waals surface area contributed by atoms with Crippen molar-refractivity contribution in [2.75, 3.05) is 6.61 Å². The summed E-state index contributed by atoms with van der Waals surface area (Å²) in [5.74, 6) is 0. The van der Waals surface area contributed by atoms with E-state index in [9.17, 15) is 8.42 Å². The Morgan fingerprint density at radius 1 is 0.655 bits per heavy atom. The molecule has 0 radical (unpaired) electrons. The quantitative estimate of drug-likeness (QED) is 0.145. The molecule has 0 atom stereocenters. The Hall–Kier alpha value is -0.390. The molecular weight excluding hydrogens is 448 g/mol. The lowest BCUT2D eigenvalue weighted by molar-refractivity contribution is 0.306. The zero-order valence-electron chi connectivity index (χ0n) is 18.3. The molecule has 0 aliphatic carbocycles. The molecule has 0 fully saturated rings. The Labute approximate surface area is 188 Å². The first-order chi connectivity index (χ1) is 14.1. The van der Waals surface area contributed by atoms with E-state index in [0.29, 0.717) is 0 Å². The molecular formula is C24H41BrO3S. The standard InChI is InChI=1S/C24H41BrO3S/c1-2-3-4-5-6-7-8-9-10-11-12-13-14-15-16-17-22-28-29(26,27)24-20-18-23(25)19-21-24/h18-21H,2-17,22H2,1H3. The SMILES string of the molecule is CCCCCCCCCCCCCCCCCCOS(=O)(=O)c1ccc(Br)cc1. The van der Waals surface area contributed by atoms with Crippen LogP contribution in [0, 0.1) is 0 Å². The number of unbranched alkanes of at least 4 members (excludes halogenated alkanes) is 15.